The van der Waals surface area contributed by atoms with Gasteiger partial charge in [0.25, 0.3) is 0 Å². The molecule has 0 radical (unpaired) electrons. The van der Waals surface area contributed by atoms with Crippen molar-refractivity contribution in [2.45, 2.75) is 57.0 Å². The third kappa shape index (κ3) is 2.28. The first-order chi connectivity index (χ1) is 8.59. The molecule has 0 aromatic carbocycles. The summed E-state index contributed by atoms with van der Waals surface area (Å²) in [6.07, 6.45) is 6.90. The minimum Gasteiger partial charge on any atom is -0.342 e. The number of carbonyl (C=O) groups is 2. The second-order valence-electron chi connectivity index (χ2n) is 5.42. The topological polar surface area (TPSA) is 49.4 Å². The Balaban J connectivity index is 2.28. The summed E-state index contributed by atoms with van der Waals surface area (Å²) < 4.78 is 0. The largest absolute Gasteiger partial charge is 0.342 e. The Hall–Kier alpha value is -1.32. The fourth-order valence-corrected chi connectivity index (χ4v) is 2.99. The number of amides is 2. The van der Waals surface area contributed by atoms with Crippen LogP contribution in [0.5, 0.6) is 0 Å². The lowest BCUT2D eigenvalue weighted by Crippen LogP contribution is -2.59. The van der Waals surface area contributed by atoms with Crippen LogP contribution in [0.1, 0.15) is 45.4 Å². The van der Waals surface area contributed by atoms with Crippen LogP contribution in [-0.4, -0.2) is 34.8 Å². The van der Waals surface area contributed by atoms with Crippen LogP contribution in [0.15, 0.2) is 12.7 Å². The van der Waals surface area contributed by atoms with E-state index in [0.717, 1.165) is 32.1 Å². The van der Waals surface area contributed by atoms with E-state index in [4.69, 9.17) is 0 Å². The molecule has 1 unspecified atom stereocenters. The Morgan fingerprint density at radius 1 is 1.33 bits per heavy atom. The molecule has 1 atom stereocenters. The van der Waals surface area contributed by atoms with E-state index >= 15 is 0 Å². The molecule has 2 rings (SSSR count). The number of rotatable bonds is 2. The summed E-state index contributed by atoms with van der Waals surface area (Å²) in [6.45, 7) is 6.21. The number of nitrogens with one attached hydrogen (secondary N) is 1. The quantitative estimate of drug-likeness (QED) is 0.757. The Bertz CT molecular complexity index is 359. The highest BCUT2D eigenvalue weighted by molar-refractivity contribution is 5.93. The second-order valence-corrected chi connectivity index (χ2v) is 5.42. The third-order valence-corrected chi connectivity index (χ3v) is 4.17. The monoisotopic (exact) mass is 250 g/mol. The number of nitrogens with zero attached hydrogens (tertiary/aromatic N) is 1. The first-order valence-electron chi connectivity index (χ1n) is 6.84. The maximum atomic E-state index is 12.7. The van der Waals surface area contributed by atoms with Gasteiger partial charge >= 0.3 is 0 Å². The minimum absolute atomic E-state index is 0.00372. The highest BCUT2D eigenvalue weighted by atomic mass is 16.2. The van der Waals surface area contributed by atoms with Crippen molar-refractivity contribution in [3.63, 3.8) is 0 Å². The van der Waals surface area contributed by atoms with Crippen LogP contribution in [-0.2, 0) is 9.59 Å². The van der Waals surface area contributed by atoms with E-state index < -0.39 is 5.54 Å². The van der Waals surface area contributed by atoms with Crippen molar-refractivity contribution in [2.24, 2.45) is 0 Å². The van der Waals surface area contributed by atoms with Gasteiger partial charge < -0.3 is 10.2 Å². The SMILES string of the molecule is C=CC(C)N1CCC(=O)NC2(CCCCC2)C1=O. The summed E-state index contributed by atoms with van der Waals surface area (Å²) in [4.78, 5) is 26.4. The average Bonchev–Trinajstić information content (AvgIpc) is 2.49. The van der Waals surface area contributed by atoms with Crippen molar-refractivity contribution in [1.29, 1.82) is 0 Å². The van der Waals surface area contributed by atoms with E-state index in [1.54, 1.807) is 11.0 Å². The Morgan fingerprint density at radius 3 is 2.61 bits per heavy atom. The van der Waals surface area contributed by atoms with E-state index in [2.05, 4.69) is 11.9 Å². The molecule has 0 aromatic rings. The molecule has 2 fully saturated rings. The molecular formula is C14H22N2O2. The molecule has 0 aromatic heterocycles. The predicted octanol–water partition coefficient (Wildman–Crippen LogP) is 1.61. The van der Waals surface area contributed by atoms with Crippen LogP contribution in [0.3, 0.4) is 0 Å². The summed E-state index contributed by atoms with van der Waals surface area (Å²) in [5, 5.41) is 2.99. The van der Waals surface area contributed by atoms with E-state index in [-0.39, 0.29) is 17.9 Å². The maximum absolute atomic E-state index is 12.7. The molecular weight excluding hydrogens is 228 g/mol. The van der Waals surface area contributed by atoms with Gasteiger partial charge in [-0.1, -0.05) is 25.3 Å². The standard InChI is InChI=1S/C14H22N2O2/c1-3-11(2)16-10-7-12(17)15-14(13(16)18)8-5-4-6-9-14/h3,11H,1,4-10H2,2H3,(H,15,17). The lowest BCUT2D eigenvalue weighted by molar-refractivity contribution is -0.141. The molecule has 4 heteroatoms. The van der Waals surface area contributed by atoms with Crippen LogP contribution in [0, 0.1) is 0 Å². The molecule has 1 saturated heterocycles. The summed E-state index contributed by atoms with van der Waals surface area (Å²) in [5.41, 5.74) is -0.636. The fraction of sp³-hybridized carbons (Fsp3) is 0.714. The summed E-state index contributed by atoms with van der Waals surface area (Å²) >= 11 is 0. The van der Waals surface area contributed by atoms with Gasteiger partial charge in [-0.25, -0.2) is 0 Å². The van der Waals surface area contributed by atoms with Crippen molar-refractivity contribution in [2.75, 3.05) is 6.54 Å². The molecule has 0 bridgehead atoms. The molecule has 1 saturated carbocycles. The zero-order chi connectivity index (χ0) is 13.2. The minimum atomic E-state index is -0.636. The Kier molecular flexibility index (Phi) is 3.73. The fourth-order valence-electron chi connectivity index (χ4n) is 2.99. The maximum Gasteiger partial charge on any atom is 0.248 e. The molecule has 2 amide bonds. The number of carbonyl (C=O) groups excluding carboxylic acids is 2. The third-order valence-electron chi connectivity index (χ3n) is 4.17. The van der Waals surface area contributed by atoms with Gasteiger partial charge in [-0.05, 0) is 19.8 Å². The van der Waals surface area contributed by atoms with Crippen LogP contribution in [0.4, 0.5) is 0 Å². The predicted molar refractivity (Wildman–Crippen MR) is 69.9 cm³/mol. The molecule has 1 N–H and O–H groups in total. The van der Waals surface area contributed by atoms with Gasteiger partial charge in [-0.15, -0.1) is 6.58 Å². The second kappa shape index (κ2) is 5.12. The van der Waals surface area contributed by atoms with Crippen LogP contribution in [0.25, 0.3) is 0 Å². The van der Waals surface area contributed by atoms with Crippen LogP contribution >= 0.6 is 0 Å². The lowest BCUT2D eigenvalue weighted by Gasteiger charge is -2.39. The summed E-state index contributed by atoms with van der Waals surface area (Å²) in [6, 6.07) is -0.0102. The molecule has 1 heterocycles. The molecule has 100 valence electrons. The molecule has 1 aliphatic carbocycles. The highest BCUT2D eigenvalue weighted by Crippen LogP contribution is 2.32. The first-order valence-corrected chi connectivity index (χ1v) is 6.84. The zero-order valence-corrected chi connectivity index (χ0v) is 11.1. The molecule has 1 spiro atoms. The van der Waals surface area contributed by atoms with Gasteiger partial charge in [-0.2, -0.15) is 0 Å². The zero-order valence-electron chi connectivity index (χ0n) is 11.1. The van der Waals surface area contributed by atoms with Gasteiger partial charge in [0.15, 0.2) is 0 Å². The van der Waals surface area contributed by atoms with Crippen molar-refractivity contribution in [1.82, 2.24) is 10.2 Å². The smallest absolute Gasteiger partial charge is 0.248 e. The Labute approximate surface area is 108 Å². The summed E-state index contributed by atoms with van der Waals surface area (Å²) in [5.74, 6) is 0.0875. The van der Waals surface area contributed by atoms with Crippen molar-refractivity contribution in [3.05, 3.63) is 12.7 Å². The van der Waals surface area contributed by atoms with Gasteiger partial charge in [0.05, 0.1) is 0 Å². The van der Waals surface area contributed by atoms with Crippen LogP contribution in [0.2, 0.25) is 0 Å². The molecule has 4 nitrogen and oxygen atoms in total. The Morgan fingerprint density at radius 2 is 2.00 bits per heavy atom. The number of hydrogen-bond acceptors (Lipinski definition) is 2. The van der Waals surface area contributed by atoms with Gasteiger partial charge in [-0.3, -0.25) is 9.59 Å². The normalized spacial score (nSPS) is 25.5. The van der Waals surface area contributed by atoms with Gasteiger partial charge in [0.2, 0.25) is 11.8 Å². The van der Waals surface area contributed by atoms with Crippen LogP contribution < -0.4 is 5.32 Å². The lowest BCUT2D eigenvalue weighted by atomic mass is 9.80. The van der Waals surface area contributed by atoms with E-state index in [1.165, 1.54) is 0 Å². The highest BCUT2D eigenvalue weighted by Gasteiger charge is 2.45. The van der Waals surface area contributed by atoms with Crippen molar-refractivity contribution >= 4 is 11.8 Å². The van der Waals surface area contributed by atoms with Gasteiger partial charge in [0.1, 0.15) is 5.54 Å². The van der Waals surface area contributed by atoms with Crippen molar-refractivity contribution < 1.29 is 9.59 Å². The molecule has 18 heavy (non-hydrogen) atoms. The van der Waals surface area contributed by atoms with E-state index in [0.29, 0.717) is 13.0 Å². The van der Waals surface area contributed by atoms with Gasteiger partial charge in [0, 0.05) is 19.0 Å². The molecule has 1 aliphatic heterocycles. The molecule has 2 aliphatic rings. The number of hydrogen-bond donors (Lipinski definition) is 1. The summed E-state index contributed by atoms with van der Waals surface area (Å²) in [7, 11) is 0. The first kappa shape index (κ1) is 13.1. The van der Waals surface area contributed by atoms with Crippen molar-refractivity contribution in [3.8, 4) is 0 Å². The van der Waals surface area contributed by atoms with E-state index in [1.807, 2.05) is 6.92 Å². The van der Waals surface area contributed by atoms with E-state index in [9.17, 15) is 9.59 Å². The average molecular weight is 250 g/mol.